The van der Waals surface area contributed by atoms with Crippen molar-refractivity contribution in [3.05, 3.63) is 29.8 Å². The van der Waals surface area contributed by atoms with Gasteiger partial charge in [0.15, 0.2) is 0 Å². The highest BCUT2D eigenvalue weighted by Gasteiger charge is 2.21. The number of hydrogen-bond donors (Lipinski definition) is 1. The van der Waals surface area contributed by atoms with Crippen molar-refractivity contribution >= 4 is 23.5 Å². The van der Waals surface area contributed by atoms with E-state index < -0.39 is 0 Å². The van der Waals surface area contributed by atoms with E-state index in [0.29, 0.717) is 12.5 Å². The Morgan fingerprint density at radius 3 is 2.72 bits per heavy atom. The first-order chi connectivity index (χ1) is 12.3. The van der Waals surface area contributed by atoms with Gasteiger partial charge in [-0.2, -0.15) is 11.8 Å². The number of nitrogens with one attached hydrogen (secondary N) is 1. The van der Waals surface area contributed by atoms with Gasteiger partial charge < -0.3 is 19.9 Å². The van der Waals surface area contributed by atoms with Crippen LogP contribution < -0.4 is 10.2 Å². The van der Waals surface area contributed by atoms with Crippen molar-refractivity contribution in [3.63, 3.8) is 0 Å². The molecule has 2 aliphatic rings. The van der Waals surface area contributed by atoms with Crippen LogP contribution in [0.3, 0.4) is 0 Å². The number of benzene rings is 1. The molecule has 2 fully saturated rings. The van der Waals surface area contributed by atoms with Gasteiger partial charge in [-0.1, -0.05) is 12.1 Å². The third kappa shape index (κ3) is 5.28. The lowest BCUT2D eigenvalue weighted by Gasteiger charge is -2.28. The molecule has 0 bridgehead atoms. The monoisotopic (exact) mass is 363 g/mol. The van der Waals surface area contributed by atoms with Crippen molar-refractivity contribution in [2.75, 3.05) is 55.8 Å². The first kappa shape index (κ1) is 18.4. The first-order valence-electron chi connectivity index (χ1n) is 9.28. The van der Waals surface area contributed by atoms with Crippen LogP contribution in [0.15, 0.2) is 24.3 Å². The SMILES string of the molecule is CCN(CC1CCOC1)C(=O)NCc1ccc(N2CCSCC2)cc1. The zero-order chi connectivity index (χ0) is 17.5. The number of urea groups is 1. The van der Waals surface area contributed by atoms with E-state index in [9.17, 15) is 4.79 Å². The molecule has 25 heavy (non-hydrogen) atoms. The summed E-state index contributed by atoms with van der Waals surface area (Å²) in [6, 6.07) is 8.61. The molecule has 2 aliphatic heterocycles. The second-order valence-electron chi connectivity index (χ2n) is 6.69. The Morgan fingerprint density at radius 2 is 2.08 bits per heavy atom. The van der Waals surface area contributed by atoms with E-state index >= 15 is 0 Å². The third-order valence-electron chi connectivity index (χ3n) is 4.93. The summed E-state index contributed by atoms with van der Waals surface area (Å²) in [5.41, 5.74) is 2.43. The molecule has 2 heterocycles. The molecule has 2 amide bonds. The highest BCUT2D eigenvalue weighted by molar-refractivity contribution is 7.99. The molecule has 1 atom stereocenters. The number of thioether (sulfide) groups is 1. The van der Waals surface area contributed by atoms with Crippen LogP contribution in [0.2, 0.25) is 0 Å². The van der Waals surface area contributed by atoms with Gasteiger partial charge in [0.05, 0.1) is 6.61 Å². The van der Waals surface area contributed by atoms with Crippen molar-refractivity contribution < 1.29 is 9.53 Å². The maximum atomic E-state index is 12.4. The molecule has 6 heteroatoms. The van der Waals surface area contributed by atoms with E-state index in [1.807, 2.05) is 23.6 Å². The Kier molecular flexibility index (Phi) is 6.87. The number of anilines is 1. The van der Waals surface area contributed by atoms with Crippen LogP contribution in [0.4, 0.5) is 10.5 Å². The molecule has 1 aromatic carbocycles. The third-order valence-corrected chi connectivity index (χ3v) is 5.87. The molecule has 1 aromatic rings. The van der Waals surface area contributed by atoms with Crippen LogP contribution in [0.25, 0.3) is 0 Å². The van der Waals surface area contributed by atoms with Gasteiger partial charge >= 0.3 is 6.03 Å². The maximum Gasteiger partial charge on any atom is 0.317 e. The summed E-state index contributed by atoms with van der Waals surface area (Å²) in [6.45, 7) is 7.97. The van der Waals surface area contributed by atoms with Gasteiger partial charge in [0.25, 0.3) is 0 Å². The second-order valence-corrected chi connectivity index (χ2v) is 7.92. The number of carbonyl (C=O) groups excluding carboxylic acids is 1. The van der Waals surface area contributed by atoms with Gasteiger partial charge in [-0.05, 0) is 31.0 Å². The molecule has 0 saturated carbocycles. The van der Waals surface area contributed by atoms with Crippen LogP contribution in [0, 0.1) is 5.92 Å². The smallest absolute Gasteiger partial charge is 0.317 e. The molecule has 0 aromatic heterocycles. The van der Waals surface area contributed by atoms with Gasteiger partial charge in [-0.3, -0.25) is 0 Å². The summed E-state index contributed by atoms with van der Waals surface area (Å²) < 4.78 is 5.41. The van der Waals surface area contributed by atoms with Crippen LogP contribution in [-0.2, 0) is 11.3 Å². The number of nitrogens with zero attached hydrogens (tertiary/aromatic N) is 2. The Morgan fingerprint density at radius 1 is 1.32 bits per heavy atom. The summed E-state index contributed by atoms with van der Waals surface area (Å²) in [6.07, 6.45) is 1.06. The van der Waals surface area contributed by atoms with Crippen molar-refractivity contribution in [3.8, 4) is 0 Å². The van der Waals surface area contributed by atoms with Gasteiger partial charge in [0, 0.05) is 62.4 Å². The predicted octanol–water partition coefficient (Wildman–Crippen LogP) is 2.81. The molecular weight excluding hydrogens is 334 g/mol. The summed E-state index contributed by atoms with van der Waals surface area (Å²) >= 11 is 2.02. The zero-order valence-corrected chi connectivity index (χ0v) is 15.9. The van der Waals surface area contributed by atoms with Crippen LogP contribution in [0.1, 0.15) is 18.9 Å². The van der Waals surface area contributed by atoms with Crippen molar-refractivity contribution in [2.24, 2.45) is 5.92 Å². The van der Waals surface area contributed by atoms with E-state index in [4.69, 9.17) is 4.74 Å². The normalized spacial score (nSPS) is 20.5. The number of rotatable bonds is 6. The quantitative estimate of drug-likeness (QED) is 0.844. The highest BCUT2D eigenvalue weighted by atomic mass is 32.2. The summed E-state index contributed by atoms with van der Waals surface area (Å²) in [7, 11) is 0. The molecular formula is C19H29N3O2S. The fourth-order valence-corrected chi connectivity index (χ4v) is 4.23. The summed E-state index contributed by atoms with van der Waals surface area (Å²) in [4.78, 5) is 16.7. The first-order valence-corrected chi connectivity index (χ1v) is 10.4. The van der Waals surface area contributed by atoms with Crippen LogP contribution in [0.5, 0.6) is 0 Å². The lowest BCUT2D eigenvalue weighted by molar-refractivity contribution is 0.166. The van der Waals surface area contributed by atoms with Crippen molar-refractivity contribution in [1.29, 1.82) is 0 Å². The van der Waals surface area contributed by atoms with Gasteiger partial charge in [-0.15, -0.1) is 0 Å². The van der Waals surface area contributed by atoms with E-state index in [2.05, 4.69) is 34.5 Å². The largest absolute Gasteiger partial charge is 0.381 e. The summed E-state index contributed by atoms with van der Waals surface area (Å²) in [5.74, 6) is 2.89. The minimum Gasteiger partial charge on any atom is -0.381 e. The average Bonchev–Trinajstić information content (AvgIpc) is 3.18. The molecule has 0 radical (unpaired) electrons. The molecule has 0 spiro atoms. The standard InChI is InChI=1S/C19H29N3O2S/c1-2-21(14-17-7-10-24-15-17)19(23)20-13-16-3-5-18(6-4-16)22-8-11-25-12-9-22/h3-6,17H,2,7-15H2,1H3,(H,20,23). The van der Waals surface area contributed by atoms with Crippen LogP contribution in [-0.4, -0.2) is 61.8 Å². The fourth-order valence-electron chi connectivity index (χ4n) is 3.33. The molecule has 5 nitrogen and oxygen atoms in total. The lowest BCUT2D eigenvalue weighted by Crippen LogP contribution is -2.42. The zero-order valence-electron chi connectivity index (χ0n) is 15.1. The Labute approximate surface area is 155 Å². The molecule has 3 rings (SSSR count). The van der Waals surface area contributed by atoms with Gasteiger partial charge in [0.1, 0.15) is 0 Å². The maximum absolute atomic E-state index is 12.4. The molecule has 2 saturated heterocycles. The second kappa shape index (κ2) is 9.34. The van der Waals surface area contributed by atoms with Crippen LogP contribution >= 0.6 is 11.8 Å². The van der Waals surface area contributed by atoms with Crippen molar-refractivity contribution in [2.45, 2.75) is 19.9 Å². The number of hydrogen-bond acceptors (Lipinski definition) is 4. The predicted molar refractivity (Wildman–Crippen MR) is 104 cm³/mol. The minimum atomic E-state index is 0.0199. The average molecular weight is 364 g/mol. The Bertz CT molecular complexity index is 540. The molecule has 138 valence electrons. The fraction of sp³-hybridized carbons (Fsp3) is 0.632. The molecule has 1 N–H and O–H groups in total. The topological polar surface area (TPSA) is 44.8 Å². The number of amides is 2. The van der Waals surface area contributed by atoms with E-state index in [0.717, 1.165) is 51.4 Å². The molecule has 1 unspecified atom stereocenters. The highest BCUT2D eigenvalue weighted by Crippen LogP contribution is 2.20. The van der Waals surface area contributed by atoms with E-state index in [-0.39, 0.29) is 6.03 Å². The van der Waals surface area contributed by atoms with E-state index in [1.54, 1.807) is 0 Å². The summed E-state index contributed by atoms with van der Waals surface area (Å²) in [5, 5.41) is 3.05. The Hall–Kier alpha value is -1.40. The number of carbonyl (C=O) groups is 1. The van der Waals surface area contributed by atoms with Crippen molar-refractivity contribution in [1.82, 2.24) is 10.2 Å². The lowest BCUT2D eigenvalue weighted by atomic mass is 10.1. The van der Waals surface area contributed by atoms with Gasteiger partial charge in [-0.25, -0.2) is 4.79 Å². The minimum absolute atomic E-state index is 0.0199. The Balaban J connectivity index is 1.47. The number of ether oxygens (including phenoxy) is 1. The molecule has 0 aliphatic carbocycles. The van der Waals surface area contributed by atoms with E-state index in [1.165, 1.54) is 17.2 Å². The van der Waals surface area contributed by atoms with Gasteiger partial charge in [0.2, 0.25) is 0 Å².